The van der Waals surface area contributed by atoms with Crippen LogP contribution in [0.25, 0.3) is 0 Å². The molecule has 6 nitrogen and oxygen atoms in total. The molecule has 7 heteroatoms. The molecule has 0 unspecified atom stereocenters. The first-order valence-electron chi connectivity index (χ1n) is 8.04. The predicted octanol–water partition coefficient (Wildman–Crippen LogP) is 1.25. The van der Waals surface area contributed by atoms with Gasteiger partial charge in [0, 0.05) is 38.9 Å². The number of amides is 1. The van der Waals surface area contributed by atoms with E-state index in [1.54, 1.807) is 24.6 Å². The quantitative estimate of drug-likeness (QED) is 0.863. The number of piperazine rings is 1. The largest absolute Gasteiger partial charge is 0.467 e. The number of carbonyl (C=O) groups excluding carboxylic acids is 1. The van der Waals surface area contributed by atoms with Crippen LogP contribution in [0.4, 0.5) is 4.39 Å². The van der Waals surface area contributed by atoms with Gasteiger partial charge in [-0.2, -0.15) is 0 Å². The van der Waals surface area contributed by atoms with Crippen LogP contribution in [0.1, 0.15) is 11.5 Å². The van der Waals surface area contributed by atoms with Gasteiger partial charge in [-0.15, -0.1) is 0 Å². The first kappa shape index (κ1) is 16.6. The van der Waals surface area contributed by atoms with Gasteiger partial charge in [0.2, 0.25) is 5.91 Å². The van der Waals surface area contributed by atoms with Gasteiger partial charge in [0.05, 0.1) is 25.0 Å². The van der Waals surface area contributed by atoms with Gasteiger partial charge in [0.1, 0.15) is 11.6 Å². The molecule has 1 aliphatic rings. The lowest BCUT2D eigenvalue weighted by atomic mass is 10.2. The third-order valence-corrected chi connectivity index (χ3v) is 4.08. The molecule has 0 spiro atoms. The van der Waals surface area contributed by atoms with Gasteiger partial charge >= 0.3 is 0 Å². The van der Waals surface area contributed by atoms with Crippen molar-refractivity contribution in [1.29, 1.82) is 0 Å². The standard InChI is InChI=1S/C17H21FN4O2/c18-15-4-1-5-19-16(15)12-21-6-8-22(9-7-21)13-17(23)20-11-14-3-2-10-24-14/h1-5,10H,6-9,11-13H2,(H,20,23). The molecule has 3 heterocycles. The average Bonchev–Trinajstić information content (AvgIpc) is 3.10. The highest BCUT2D eigenvalue weighted by atomic mass is 19.1. The number of nitrogens with one attached hydrogen (secondary N) is 1. The monoisotopic (exact) mass is 332 g/mol. The summed E-state index contributed by atoms with van der Waals surface area (Å²) < 4.78 is 18.8. The number of halogens is 1. The number of furan rings is 1. The molecule has 0 aromatic carbocycles. The minimum absolute atomic E-state index is 0.0179. The van der Waals surface area contributed by atoms with E-state index in [2.05, 4.69) is 20.1 Å². The molecule has 0 atom stereocenters. The summed E-state index contributed by atoms with van der Waals surface area (Å²) in [5, 5.41) is 2.84. The van der Waals surface area contributed by atoms with Crippen molar-refractivity contribution < 1.29 is 13.6 Å². The third-order valence-electron chi connectivity index (χ3n) is 4.08. The summed E-state index contributed by atoms with van der Waals surface area (Å²) in [5.41, 5.74) is 0.474. The molecule has 3 rings (SSSR count). The van der Waals surface area contributed by atoms with Crippen LogP contribution in [-0.2, 0) is 17.9 Å². The summed E-state index contributed by atoms with van der Waals surface area (Å²) in [6, 6.07) is 6.65. The summed E-state index contributed by atoms with van der Waals surface area (Å²) >= 11 is 0. The van der Waals surface area contributed by atoms with Gasteiger partial charge < -0.3 is 9.73 Å². The number of hydrogen-bond donors (Lipinski definition) is 1. The highest BCUT2D eigenvalue weighted by Gasteiger charge is 2.20. The van der Waals surface area contributed by atoms with Crippen molar-refractivity contribution in [2.45, 2.75) is 13.1 Å². The number of rotatable bonds is 6. The van der Waals surface area contributed by atoms with Gasteiger partial charge in [0.25, 0.3) is 0 Å². The summed E-state index contributed by atoms with van der Waals surface area (Å²) in [5.74, 6) is 0.457. The Morgan fingerprint density at radius 1 is 1.21 bits per heavy atom. The molecule has 1 aliphatic heterocycles. The maximum atomic E-state index is 13.6. The number of nitrogens with zero attached hydrogens (tertiary/aromatic N) is 3. The van der Waals surface area contributed by atoms with E-state index in [0.717, 1.165) is 31.9 Å². The van der Waals surface area contributed by atoms with Crippen molar-refractivity contribution in [1.82, 2.24) is 20.1 Å². The number of hydrogen-bond acceptors (Lipinski definition) is 5. The fourth-order valence-electron chi connectivity index (χ4n) is 2.71. The van der Waals surface area contributed by atoms with E-state index in [-0.39, 0.29) is 11.7 Å². The second kappa shape index (κ2) is 8.03. The van der Waals surface area contributed by atoms with Crippen molar-refractivity contribution in [3.8, 4) is 0 Å². The molecule has 1 saturated heterocycles. The summed E-state index contributed by atoms with van der Waals surface area (Å²) in [4.78, 5) is 20.3. The van der Waals surface area contributed by atoms with Crippen LogP contribution in [0.15, 0.2) is 41.1 Å². The maximum Gasteiger partial charge on any atom is 0.234 e. The van der Waals surface area contributed by atoms with Crippen LogP contribution in [0.3, 0.4) is 0 Å². The van der Waals surface area contributed by atoms with Gasteiger partial charge in [-0.05, 0) is 24.3 Å². The molecule has 1 fully saturated rings. The Kier molecular flexibility index (Phi) is 5.55. The zero-order chi connectivity index (χ0) is 16.8. The Labute approximate surface area is 140 Å². The van der Waals surface area contributed by atoms with E-state index >= 15 is 0 Å². The number of aromatic nitrogens is 1. The SMILES string of the molecule is O=C(CN1CCN(Cc2ncccc2F)CC1)NCc1ccco1. The smallest absolute Gasteiger partial charge is 0.234 e. The summed E-state index contributed by atoms with van der Waals surface area (Å²) in [6.45, 7) is 4.43. The van der Waals surface area contributed by atoms with Crippen LogP contribution >= 0.6 is 0 Å². The minimum Gasteiger partial charge on any atom is -0.467 e. The van der Waals surface area contributed by atoms with Crippen molar-refractivity contribution >= 4 is 5.91 Å². The molecule has 2 aromatic heterocycles. The normalized spacial score (nSPS) is 16.2. The lowest BCUT2D eigenvalue weighted by Crippen LogP contribution is -2.49. The average molecular weight is 332 g/mol. The first-order chi connectivity index (χ1) is 11.7. The van der Waals surface area contributed by atoms with Gasteiger partial charge in [0.15, 0.2) is 0 Å². The Hall–Kier alpha value is -2.25. The molecule has 0 aliphatic carbocycles. The first-order valence-corrected chi connectivity index (χ1v) is 8.04. The lowest BCUT2D eigenvalue weighted by molar-refractivity contribution is -0.122. The van der Waals surface area contributed by atoms with Crippen LogP contribution in [0.5, 0.6) is 0 Å². The highest BCUT2D eigenvalue weighted by molar-refractivity contribution is 5.77. The molecular weight excluding hydrogens is 311 g/mol. The number of pyridine rings is 1. The van der Waals surface area contributed by atoms with Crippen molar-refractivity contribution in [3.63, 3.8) is 0 Å². The molecule has 0 saturated carbocycles. The third kappa shape index (κ3) is 4.62. The Bertz CT molecular complexity index is 654. The van der Waals surface area contributed by atoms with Crippen LogP contribution in [0, 0.1) is 5.82 Å². The van der Waals surface area contributed by atoms with Gasteiger partial charge in [-0.1, -0.05) is 0 Å². The maximum absolute atomic E-state index is 13.6. The zero-order valence-electron chi connectivity index (χ0n) is 13.4. The summed E-state index contributed by atoms with van der Waals surface area (Å²) in [7, 11) is 0. The molecule has 128 valence electrons. The Morgan fingerprint density at radius 2 is 2.00 bits per heavy atom. The van der Waals surface area contributed by atoms with Gasteiger partial charge in [-0.25, -0.2) is 4.39 Å². The predicted molar refractivity (Wildman–Crippen MR) is 86.5 cm³/mol. The number of carbonyl (C=O) groups is 1. The molecule has 0 radical (unpaired) electrons. The lowest BCUT2D eigenvalue weighted by Gasteiger charge is -2.34. The van der Waals surface area contributed by atoms with Crippen molar-refractivity contribution in [2.24, 2.45) is 0 Å². The Morgan fingerprint density at radius 3 is 2.71 bits per heavy atom. The van der Waals surface area contributed by atoms with E-state index in [0.29, 0.717) is 25.3 Å². The topological polar surface area (TPSA) is 61.6 Å². The fourth-order valence-corrected chi connectivity index (χ4v) is 2.71. The molecule has 1 amide bonds. The van der Waals surface area contributed by atoms with E-state index < -0.39 is 0 Å². The van der Waals surface area contributed by atoms with E-state index in [1.807, 2.05) is 6.07 Å². The van der Waals surface area contributed by atoms with E-state index in [4.69, 9.17) is 4.42 Å². The second-order valence-electron chi connectivity index (χ2n) is 5.84. The second-order valence-corrected chi connectivity index (χ2v) is 5.84. The summed E-state index contributed by atoms with van der Waals surface area (Å²) in [6.07, 6.45) is 3.20. The zero-order valence-corrected chi connectivity index (χ0v) is 13.4. The molecule has 0 bridgehead atoms. The molecular formula is C17H21FN4O2. The van der Waals surface area contributed by atoms with Crippen LogP contribution in [-0.4, -0.2) is 53.4 Å². The van der Waals surface area contributed by atoms with Crippen molar-refractivity contribution in [2.75, 3.05) is 32.7 Å². The minimum atomic E-state index is -0.266. The van der Waals surface area contributed by atoms with Gasteiger partial charge in [-0.3, -0.25) is 19.6 Å². The van der Waals surface area contributed by atoms with Crippen molar-refractivity contribution in [3.05, 3.63) is 54.0 Å². The van der Waals surface area contributed by atoms with E-state index in [9.17, 15) is 9.18 Å². The molecule has 24 heavy (non-hydrogen) atoms. The molecule has 1 N–H and O–H groups in total. The fraction of sp³-hybridized carbons (Fsp3) is 0.412. The molecule has 2 aromatic rings. The van der Waals surface area contributed by atoms with Crippen LogP contribution in [0.2, 0.25) is 0 Å². The highest BCUT2D eigenvalue weighted by Crippen LogP contribution is 2.09. The van der Waals surface area contributed by atoms with E-state index in [1.165, 1.54) is 6.07 Å². The Balaban J connectivity index is 1.39. The van der Waals surface area contributed by atoms with Crippen LogP contribution < -0.4 is 5.32 Å².